The third-order valence-corrected chi connectivity index (χ3v) is 3.89. The molecular weight excluding hydrogens is 300 g/mol. The van der Waals surface area contributed by atoms with E-state index < -0.39 is 5.91 Å². The number of benzene rings is 1. The number of para-hydroxylation sites is 2. The van der Waals surface area contributed by atoms with Crippen molar-refractivity contribution in [2.45, 2.75) is 13.8 Å². The zero-order valence-corrected chi connectivity index (χ0v) is 12.9. The highest BCUT2D eigenvalue weighted by Crippen LogP contribution is 2.23. The SMILES string of the molecule is Cc1nc(N/C=C(/C#N)C(=O)Nc2ccccc2O)sc1C. The first-order chi connectivity index (χ1) is 10.5. The van der Waals surface area contributed by atoms with Crippen LogP contribution >= 0.6 is 11.3 Å². The first-order valence-corrected chi connectivity index (χ1v) is 7.23. The predicted molar refractivity (Wildman–Crippen MR) is 85.6 cm³/mol. The van der Waals surface area contributed by atoms with Crippen molar-refractivity contribution in [2.75, 3.05) is 10.6 Å². The number of anilines is 2. The predicted octanol–water partition coefficient (Wildman–Crippen LogP) is 2.92. The van der Waals surface area contributed by atoms with Gasteiger partial charge in [-0.15, -0.1) is 11.3 Å². The number of carbonyl (C=O) groups is 1. The van der Waals surface area contributed by atoms with Crippen LogP contribution in [0.25, 0.3) is 0 Å². The zero-order chi connectivity index (χ0) is 16.1. The molecule has 2 aromatic rings. The second kappa shape index (κ2) is 6.74. The molecule has 0 aliphatic rings. The fraction of sp³-hybridized carbons (Fsp3) is 0.133. The maximum Gasteiger partial charge on any atom is 0.267 e. The van der Waals surface area contributed by atoms with Crippen LogP contribution in [0.1, 0.15) is 10.6 Å². The number of nitriles is 1. The molecule has 2 rings (SSSR count). The van der Waals surface area contributed by atoms with Gasteiger partial charge in [0.1, 0.15) is 17.4 Å². The minimum Gasteiger partial charge on any atom is -0.506 e. The number of nitrogens with zero attached hydrogens (tertiary/aromatic N) is 2. The van der Waals surface area contributed by atoms with E-state index >= 15 is 0 Å². The van der Waals surface area contributed by atoms with Gasteiger partial charge in [-0.3, -0.25) is 4.79 Å². The Labute approximate surface area is 131 Å². The van der Waals surface area contributed by atoms with Crippen LogP contribution in [0, 0.1) is 25.2 Å². The summed E-state index contributed by atoms with van der Waals surface area (Å²) in [6.07, 6.45) is 1.30. The van der Waals surface area contributed by atoms with E-state index in [1.807, 2.05) is 19.9 Å². The Balaban J connectivity index is 2.10. The highest BCUT2D eigenvalue weighted by atomic mass is 32.1. The number of carbonyl (C=O) groups excluding carboxylic acids is 1. The van der Waals surface area contributed by atoms with Crippen LogP contribution in [0.15, 0.2) is 36.0 Å². The van der Waals surface area contributed by atoms with Crippen molar-refractivity contribution >= 4 is 28.1 Å². The molecule has 0 saturated carbocycles. The lowest BCUT2D eigenvalue weighted by molar-refractivity contribution is -0.112. The van der Waals surface area contributed by atoms with Crippen molar-refractivity contribution < 1.29 is 9.90 Å². The smallest absolute Gasteiger partial charge is 0.267 e. The Morgan fingerprint density at radius 1 is 1.41 bits per heavy atom. The summed E-state index contributed by atoms with van der Waals surface area (Å²) in [6, 6.07) is 8.12. The Morgan fingerprint density at radius 2 is 2.14 bits per heavy atom. The molecule has 0 atom stereocenters. The number of rotatable bonds is 4. The van der Waals surface area contributed by atoms with Crippen molar-refractivity contribution in [1.82, 2.24) is 4.98 Å². The molecule has 0 saturated heterocycles. The number of nitrogens with one attached hydrogen (secondary N) is 2. The van der Waals surface area contributed by atoms with E-state index in [1.54, 1.807) is 18.2 Å². The van der Waals surface area contributed by atoms with Gasteiger partial charge in [0.25, 0.3) is 5.91 Å². The van der Waals surface area contributed by atoms with E-state index in [0.717, 1.165) is 10.6 Å². The average molecular weight is 314 g/mol. The molecule has 0 spiro atoms. The molecule has 0 aliphatic carbocycles. The van der Waals surface area contributed by atoms with E-state index in [9.17, 15) is 9.90 Å². The third kappa shape index (κ3) is 3.62. The van der Waals surface area contributed by atoms with Gasteiger partial charge in [0.05, 0.1) is 11.4 Å². The molecular formula is C15H14N4O2S. The molecule has 0 radical (unpaired) electrons. The van der Waals surface area contributed by atoms with Gasteiger partial charge < -0.3 is 15.7 Å². The summed E-state index contributed by atoms with van der Waals surface area (Å²) in [6.45, 7) is 3.83. The lowest BCUT2D eigenvalue weighted by Gasteiger charge is -2.06. The maximum atomic E-state index is 12.0. The number of phenolic OH excluding ortho intramolecular Hbond substituents is 1. The molecule has 6 nitrogen and oxygen atoms in total. The standard InChI is InChI=1S/C15H14N4O2S/c1-9-10(2)22-15(18-9)17-8-11(7-16)14(21)19-12-5-3-4-6-13(12)20/h3-6,8,20H,1-2H3,(H,17,18)(H,19,21)/b11-8-. The molecule has 0 bridgehead atoms. The Bertz CT molecular complexity index is 755. The molecule has 112 valence electrons. The quantitative estimate of drug-likeness (QED) is 0.458. The summed E-state index contributed by atoms with van der Waals surface area (Å²) in [7, 11) is 0. The Hall–Kier alpha value is -2.85. The van der Waals surface area contributed by atoms with Crippen molar-refractivity contribution in [3.63, 3.8) is 0 Å². The number of phenols is 1. The van der Waals surface area contributed by atoms with Crippen LogP contribution in [0.5, 0.6) is 5.75 Å². The fourth-order valence-corrected chi connectivity index (χ4v) is 2.37. The van der Waals surface area contributed by atoms with Gasteiger partial charge in [-0.2, -0.15) is 5.26 Å². The summed E-state index contributed by atoms with van der Waals surface area (Å²) in [4.78, 5) is 17.3. The lowest BCUT2D eigenvalue weighted by atomic mass is 10.2. The second-order valence-electron chi connectivity index (χ2n) is 4.45. The Kier molecular flexibility index (Phi) is 4.76. The number of hydrogen-bond donors (Lipinski definition) is 3. The summed E-state index contributed by atoms with van der Waals surface area (Å²) in [5, 5.41) is 24.6. The van der Waals surface area contributed by atoms with Crippen LogP contribution in [0.3, 0.4) is 0 Å². The number of aromatic nitrogens is 1. The first-order valence-electron chi connectivity index (χ1n) is 6.41. The van der Waals surface area contributed by atoms with Crippen LogP contribution < -0.4 is 10.6 Å². The van der Waals surface area contributed by atoms with Crippen LogP contribution in [-0.4, -0.2) is 16.0 Å². The lowest BCUT2D eigenvalue weighted by Crippen LogP contribution is -2.14. The van der Waals surface area contributed by atoms with E-state index in [1.165, 1.54) is 23.6 Å². The number of aryl methyl sites for hydroxylation is 2. The van der Waals surface area contributed by atoms with Crippen molar-refractivity contribution in [3.8, 4) is 11.8 Å². The van der Waals surface area contributed by atoms with E-state index in [2.05, 4.69) is 15.6 Å². The van der Waals surface area contributed by atoms with Gasteiger partial charge in [0, 0.05) is 11.1 Å². The van der Waals surface area contributed by atoms with Gasteiger partial charge in [-0.1, -0.05) is 12.1 Å². The molecule has 1 amide bonds. The Morgan fingerprint density at radius 3 is 2.73 bits per heavy atom. The minimum atomic E-state index is -0.610. The van der Waals surface area contributed by atoms with Gasteiger partial charge in [0.2, 0.25) is 0 Å². The molecule has 7 heteroatoms. The monoisotopic (exact) mass is 314 g/mol. The molecule has 0 unspecified atom stereocenters. The van der Waals surface area contributed by atoms with Crippen LogP contribution in [-0.2, 0) is 4.79 Å². The largest absolute Gasteiger partial charge is 0.506 e. The molecule has 22 heavy (non-hydrogen) atoms. The van der Waals surface area contributed by atoms with Crippen molar-refractivity contribution in [2.24, 2.45) is 0 Å². The normalized spacial score (nSPS) is 10.9. The topological polar surface area (TPSA) is 98.0 Å². The summed E-state index contributed by atoms with van der Waals surface area (Å²) < 4.78 is 0. The van der Waals surface area contributed by atoms with Crippen molar-refractivity contribution in [3.05, 3.63) is 46.6 Å². The first kappa shape index (κ1) is 15.5. The van der Waals surface area contributed by atoms with Crippen molar-refractivity contribution in [1.29, 1.82) is 5.26 Å². The fourth-order valence-electron chi connectivity index (χ4n) is 1.59. The molecule has 1 heterocycles. The number of amides is 1. The number of hydrogen-bond acceptors (Lipinski definition) is 6. The summed E-state index contributed by atoms with van der Waals surface area (Å²) in [5.74, 6) is -0.672. The van der Waals surface area contributed by atoms with Crippen LogP contribution in [0.2, 0.25) is 0 Å². The van der Waals surface area contributed by atoms with E-state index in [-0.39, 0.29) is 17.0 Å². The number of thiazole rings is 1. The molecule has 0 aliphatic heterocycles. The summed E-state index contributed by atoms with van der Waals surface area (Å²) in [5.41, 5.74) is 1.03. The van der Waals surface area contributed by atoms with Gasteiger partial charge in [0.15, 0.2) is 5.13 Å². The highest BCUT2D eigenvalue weighted by Gasteiger charge is 2.11. The third-order valence-electron chi connectivity index (χ3n) is 2.89. The maximum absolute atomic E-state index is 12.0. The number of aromatic hydroxyl groups is 1. The summed E-state index contributed by atoms with van der Waals surface area (Å²) >= 11 is 1.44. The van der Waals surface area contributed by atoms with E-state index in [0.29, 0.717) is 5.13 Å². The molecule has 1 aromatic heterocycles. The van der Waals surface area contributed by atoms with Gasteiger partial charge in [-0.25, -0.2) is 4.98 Å². The second-order valence-corrected chi connectivity index (χ2v) is 5.65. The van der Waals surface area contributed by atoms with Gasteiger partial charge in [-0.05, 0) is 26.0 Å². The highest BCUT2D eigenvalue weighted by molar-refractivity contribution is 7.15. The molecule has 1 aromatic carbocycles. The zero-order valence-electron chi connectivity index (χ0n) is 12.0. The molecule has 3 N–H and O–H groups in total. The molecule has 0 fully saturated rings. The average Bonchev–Trinajstić information content (AvgIpc) is 2.81. The minimum absolute atomic E-state index is 0.0627. The van der Waals surface area contributed by atoms with E-state index in [4.69, 9.17) is 5.26 Å². The van der Waals surface area contributed by atoms with Crippen LogP contribution in [0.4, 0.5) is 10.8 Å². The van der Waals surface area contributed by atoms with Gasteiger partial charge >= 0.3 is 0 Å².